The molecule has 1 aliphatic rings. The highest BCUT2D eigenvalue weighted by Crippen LogP contribution is 2.20. The van der Waals surface area contributed by atoms with Crippen LogP contribution in [0.25, 0.3) is 0 Å². The number of rotatable bonds is 4. The van der Waals surface area contributed by atoms with Crippen LogP contribution in [-0.4, -0.2) is 30.9 Å². The fourth-order valence-electron chi connectivity index (χ4n) is 2.66. The zero-order chi connectivity index (χ0) is 14.5. The van der Waals surface area contributed by atoms with Gasteiger partial charge in [-0.1, -0.05) is 12.1 Å². The van der Waals surface area contributed by atoms with E-state index in [1.807, 2.05) is 6.92 Å². The third kappa shape index (κ3) is 4.30. The quantitative estimate of drug-likeness (QED) is 0.918. The van der Waals surface area contributed by atoms with E-state index < -0.39 is 0 Å². The third-order valence-electron chi connectivity index (χ3n) is 4.06. The van der Waals surface area contributed by atoms with Crippen LogP contribution in [0.4, 0.5) is 4.39 Å². The Kier molecular flexibility index (Phi) is 5.12. The monoisotopic (exact) mass is 278 g/mol. The van der Waals surface area contributed by atoms with Crippen molar-refractivity contribution in [1.29, 1.82) is 0 Å². The Bertz CT molecular complexity index is 438. The van der Waals surface area contributed by atoms with Crippen molar-refractivity contribution in [3.8, 4) is 0 Å². The summed E-state index contributed by atoms with van der Waals surface area (Å²) in [5.41, 5.74) is 0.933. The van der Waals surface area contributed by atoms with E-state index in [1.165, 1.54) is 12.1 Å². The predicted octanol–water partition coefficient (Wildman–Crippen LogP) is 2.73. The van der Waals surface area contributed by atoms with E-state index in [0.29, 0.717) is 12.3 Å². The summed E-state index contributed by atoms with van der Waals surface area (Å²) in [4.78, 5) is 14.3. The molecule has 4 heteroatoms. The van der Waals surface area contributed by atoms with Gasteiger partial charge in [-0.15, -0.1) is 0 Å². The largest absolute Gasteiger partial charge is 0.350 e. The Morgan fingerprint density at radius 2 is 1.95 bits per heavy atom. The molecular weight excluding hydrogens is 255 g/mol. The average molecular weight is 278 g/mol. The second-order valence-electron chi connectivity index (χ2n) is 5.79. The van der Waals surface area contributed by atoms with E-state index >= 15 is 0 Å². The molecule has 110 valence electrons. The molecule has 1 heterocycles. The zero-order valence-corrected chi connectivity index (χ0v) is 12.2. The van der Waals surface area contributed by atoms with Crippen molar-refractivity contribution in [2.75, 3.05) is 20.1 Å². The van der Waals surface area contributed by atoms with E-state index in [9.17, 15) is 9.18 Å². The number of nitrogens with one attached hydrogen (secondary N) is 1. The normalized spacial score (nSPS) is 18.8. The van der Waals surface area contributed by atoms with Crippen LogP contribution in [-0.2, 0) is 4.79 Å². The van der Waals surface area contributed by atoms with Gasteiger partial charge >= 0.3 is 0 Å². The molecule has 1 aliphatic heterocycles. The van der Waals surface area contributed by atoms with E-state index in [4.69, 9.17) is 0 Å². The molecule has 1 N–H and O–H groups in total. The molecule has 0 aromatic heterocycles. The minimum atomic E-state index is -0.251. The van der Waals surface area contributed by atoms with Crippen LogP contribution in [0, 0.1) is 11.7 Å². The average Bonchev–Trinajstić information content (AvgIpc) is 2.42. The van der Waals surface area contributed by atoms with Gasteiger partial charge < -0.3 is 10.2 Å². The van der Waals surface area contributed by atoms with Gasteiger partial charge in [0.2, 0.25) is 5.91 Å². The number of halogens is 1. The lowest BCUT2D eigenvalue weighted by Crippen LogP contribution is -2.34. The fraction of sp³-hybridized carbons (Fsp3) is 0.562. The Balaban J connectivity index is 1.80. The van der Waals surface area contributed by atoms with Crippen LogP contribution in [0.15, 0.2) is 24.3 Å². The highest BCUT2D eigenvalue weighted by molar-refractivity contribution is 5.76. The minimum absolute atomic E-state index is 0.0747. The van der Waals surface area contributed by atoms with E-state index in [-0.39, 0.29) is 17.8 Å². The molecule has 0 radical (unpaired) electrons. The highest BCUT2D eigenvalue weighted by atomic mass is 19.1. The second-order valence-corrected chi connectivity index (χ2v) is 5.79. The Morgan fingerprint density at radius 1 is 1.35 bits per heavy atom. The molecule has 1 fully saturated rings. The Morgan fingerprint density at radius 3 is 2.55 bits per heavy atom. The van der Waals surface area contributed by atoms with Crippen LogP contribution in [0.5, 0.6) is 0 Å². The number of amides is 1. The smallest absolute Gasteiger partial charge is 0.220 e. The number of carbonyl (C=O) groups is 1. The number of hydrogen-bond donors (Lipinski definition) is 1. The molecule has 3 nitrogen and oxygen atoms in total. The molecule has 1 saturated heterocycles. The molecule has 1 aromatic rings. The molecular formula is C16H23FN2O. The summed E-state index contributed by atoms with van der Waals surface area (Å²) in [6, 6.07) is 6.21. The lowest BCUT2D eigenvalue weighted by molar-refractivity contribution is -0.123. The number of benzene rings is 1. The SMILES string of the molecule is CC(NC(=O)CC1CCN(C)CC1)c1ccc(F)cc1. The lowest BCUT2D eigenvalue weighted by Gasteiger charge is -2.28. The van der Waals surface area contributed by atoms with Crippen molar-refractivity contribution < 1.29 is 9.18 Å². The number of carbonyl (C=O) groups excluding carboxylic acids is 1. The van der Waals surface area contributed by atoms with Crippen molar-refractivity contribution >= 4 is 5.91 Å². The van der Waals surface area contributed by atoms with Crippen LogP contribution < -0.4 is 5.32 Å². The van der Waals surface area contributed by atoms with Crippen LogP contribution in [0.1, 0.15) is 37.8 Å². The summed E-state index contributed by atoms with van der Waals surface area (Å²) >= 11 is 0. The first-order valence-corrected chi connectivity index (χ1v) is 7.28. The van der Waals surface area contributed by atoms with E-state index in [0.717, 1.165) is 31.5 Å². The lowest BCUT2D eigenvalue weighted by atomic mass is 9.93. The van der Waals surface area contributed by atoms with E-state index in [1.54, 1.807) is 12.1 Å². The first-order valence-electron chi connectivity index (χ1n) is 7.28. The number of nitrogens with zero attached hydrogens (tertiary/aromatic N) is 1. The van der Waals surface area contributed by atoms with Crippen LogP contribution in [0.2, 0.25) is 0 Å². The van der Waals surface area contributed by atoms with Gasteiger partial charge in [-0.25, -0.2) is 4.39 Å². The van der Waals surface area contributed by atoms with Crippen molar-refractivity contribution in [1.82, 2.24) is 10.2 Å². The van der Waals surface area contributed by atoms with Gasteiger partial charge in [-0.3, -0.25) is 4.79 Å². The summed E-state index contributed by atoms with van der Waals surface area (Å²) in [7, 11) is 2.12. The number of piperidine rings is 1. The maximum atomic E-state index is 12.9. The Hall–Kier alpha value is -1.42. The number of likely N-dealkylation sites (tertiary alicyclic amines) is 1. The van der Waals surface area contributed by atoms with Gasteiger partial charge in [0.05, 0.1) is 6.04 Å². The summed E-state index contributed by atoms with van der Waals surface area (Å²) < 4.78 is 12.9. The second kappa shape index (κ2) is 6.84. The summed E-state index contributed by atoms with van der Waals surface area (Å²) in [5, 5.41) is 3.00. The molecule has 20 heavy (non-hydrogen) atoms. The summed E-state index contributed by atoms with van der Waals surface area (Å²) in [5.74, 6) is 0.335. The van der Waals surface area contributed by atoms with Gasteiger partial charge in [-0.2, -0.15) is 0 Å². The minimum Gasteiger partial charge on any atom is -0.350 e. The maximum absolute atomic E-state index is 12.9. The van der Waals surface area contributed by atoms with Crippen molar-refractivity contribution in [3.05, 3.63) is 35.6 Å². The molecule has 1 aromatic carbocycles. The third-order valence-corrected chi connectivity index (χ3v) is 4.06. The van der Waals surface area contributed by atoms with Gasteiger partial charge in [0.15, 0.2) is 0 Å². The first-order chi connectivity index (χ1) is 9.54. The molecule has 0 saturated carbocycles. The first kappa shape index (κ1) is 15.0. The molecule has 2 rings (SSSR count). The predicted molar refractivity (Wildman–Crippen MR) is 77.8 cm³/mol. The molecule has 1 atom stereocenters. The summed E-state index contributed by atoms with van der Waals surface area (Å²) in [6.07, 6.45) is 2.78. The topological polar surface area (TPSA) is 32.3 Å². The molecule has 0 aliphatic carbocycles. The molecule has 1 unspecified atom stereocenters. The fourth-order valence-corrected chi connectivity index (χ4v) is 2.66. The summed E-state index contributed by atoms with van der Waals surface area (Å²) in [6.45, 7) is 4.08. The van der Waals surface area contributed by atoms with Gasteiger partial charge in [0, 0.05) is 6.42 Å². The van der Waals surface area contributed by atoms with Crippen molar-refractivity contribution in [2.45, 2.75) is 32.2 Å². The van der Waals surface area contributed by atoms with Crippen molar-refractivity contribution in [3.63, 3.8) is 0 Å². The van der Waals surface area contributed by atoms with Crippen LogP contribution >= 0.6 is 0 Å². The Labute approximate surface area is 120 Å². The molecule has 0 bridgehead atoms. The van der Waals surface area contributed by atoms with Crippen LogP contribution in [0.3, 0.4) is 0 Å². The van der Waals surface area contributed by atoms with Gasteiger partial charge in [0.25, 0.3) is 0 Å². The maximum Gasteiger partial charge on any atom is 0.220 e. The molecule has 0 spiro atoms. The van der Waals surface area contributed by atoms with Gasteiger partial charge in [-0.05, 0) is 63.5 Å². The zero-order valence-electron chi connectivity index (χ0n) is 12.2. The molecule has 1 amide bonds. The van der Waals surface area contributed by atoms with E-state index in [2.05, 4.69) is 17.3 Å². The van der Waals surface area contributed by atoms with Gasteiger partial charge in [0.1, 0.15) is 5.82 Å². The standard InChI is InChI=1S/C16H23FN2O/c1-12(14-3-5-15(17)6-4-14)18-16(20)11-13-7-9-19(2)10-8-13/h3-6,12-13H,7-11H2,1-2H3,(H,18,20). The van der Waals surface area contributed by atoms with Crippen molar-refractivity contribution in [2.24, 2.45) is 5.92 Å². The highest BCUT2D eigenvalue weighted by Gasteiger charge is 2.20. The number of hydrogen-bond acceptors (Lipinski definition) is 2.